The summed E-state index contributed by atoms with van der Waals surface area (Å²) in [6, 6.07) is 5.64. The van der Waals surface area contributed by atoms with Crippen LogP contribution in [0.1, 0.15) is 27.9 Å². The van der Waals surface area contributed by atoms with Crippen molar-refractivity contribution in [3.05, 3.63) is 34.9 Å². The quantitative estimate of drug-likeness (QED) is 0.448. The summed E-state index contributed by atoms with van der Waals surface area (Å²) in [7, 11) is 0. The van der Waals surface area contributed by atoms with Gasteiger partial charge in [0.15, 0.2) is 0 Å². The van der Waals surface area contributed by atoms with Crippen LogP contribution in [-0.2, 0) is 0 Å². The van der Waals surface area contributed by atoms with Crippen LogP contribution in [0.4, 0.5) is 0 Å². The Morgan fingerprint density at radius 3 is 2.86 bits per heavy atom. The number of aldehydes is 1. The van der Waals surface area contributed by atoms with Crippen molar-refractivity contribution in [1.82, 2.24) is 0 Å². The highest BCUT2D eigenvalue weighted by Crippen LogP contribution is 2.06. The zero-order valence-corrected chi connectivity index (χ0v) is 9.60. The maximum atomic E-state index is 10.6. The summed E-state index contributed by atoms with van der Waals surface area (Å²) in [5.74, 6) is 6.04. The van der Waals surface area contributed by atoms with Crippen LogP contribution in [0.5, 0.6) is 0 Å². The molecule has 0 heterocycles. The third-order valence-electron chi connectivity index (χ3n) is 1.69. The molecule has 0 aromatic heterocycles. The highest BCUT2D eigenvalue weighted by atomic mass is 79.9. The van der Waals surface area contributed by atoms with Gasteiger partial charge < -0.3 is 0 Å². The summed E-state index contributed by atoms with van der Waals surface area (Å²) < 4.78 is 0. The first-order chi connectivity index (χ1) is 6.76. The van der Waals surface area contributed by atoms with Crippen LogP contribution < -0.4 is 0 Å². The number of hydrogen-bond donors (Lipinski definition) is 0. The lowest BCUT2D eigenvalue weighted by Crippen LogP contribution is -1.85. The molecule has 0 amide bonds. The normalized spacial score (nSPS) is 9.00. The molecule has 72 valence electrons. The Hall–Kier alpha value is -1.07. The molecular formula is C12H11BrO. The second kappa shape index (κ2) is 5.62. The Balaban J connectivity index is 2.93. The molecule has 1 nitrogen and oxygen atoms in total. The Bertz CT molecular complexity index is 385. The molecule has 0 saturated heterocycles. The first-order valence-corrected chi connectivity index (χ1v) is 5.50. The first-order valence-electron chi connectivity index (χ1n) is 4.38. The first kappa shape index (κ1) is 11.0. The molecular weight excluding hydrogens is 240 g/mol. The number of rotatable bonds is 2. The Kier molecular flexibility index (Phi) is 4.42. The number of alkyl halides is 1. The van der Waals surface area contributed by atoms with Crippen LogP contribution in [0, 0.1) is 18.8 Å². The summed E-state index contributed by atoms with van der Waals surface area (Å²) in [4.78, 5) is 10.6. The van der Waals surface area contributed by atoms with Gasteiger partial charge in [-0.3, -0.25) is 4.79 Å². The topological polar surface area (TPSA) is 17.1 Å². The number of benzene rings is 1. The monoisotopic (exact) mass is 250 g/mol. The van der Waals surface area contributed by atoms with Crippen molar-refractivity contribution in [1.29, 1.82) is 0 Å². The third kappa shape index (κ3) is 3.35. The predicted molar refractivity (Wildman–Crippen MR) is 61.9 cm³/mol. The number of halogens is 1. The van der Waals surface area contributed by atoms with Crippen molar-refractivity contribution in [2.45, 2.75) is 13.3 Å². The summed E-state index contributed by atoms with van der Waals surface area (Å²) in [5.41, 5.74) is 2.67. The largest absolute Gasteiger partial charge is 0.298 e. The summed E-state index contributed by atoms with van der Waals surface area (Å²) in [6.45, 7) is 1.96. The smallest absolute Gasteiger partial charge is 0.150 e. The van der Waals surface area contributed by atoms with Crippen molar-refractivity contribution in [3.63, 3.8) is 0 Å². The molecule has 14 heavy (non-hydrogen) atoms. The molecule has 1 aromatic rings. The molecule has 0 N–H and O–H groups in total. The van der Waals surface area contributed by atoms with E-state index >= 15 is 0 Å². The van der Waals surface area contributed by atoms with E-state index in [1.54, 1.807) is 6.07 Å². The summed E-state index contributed by atoms with van der Waals surface area (Å²) in [6.07, 6.45) is 1.67. The molecule has 0 aliphatic carbocycles. The van der Waals surface area contributed by atoms with Gasteiger partial charge in [0.2, 0.25) is 0 Å². The number of carbonyl (C=O) groups is 1. The van der Waals surface area contributed by atoms with E-state index in [2.05, 4.69) is 27.8 Å². The molecule has 0 atom stereocenters. The lowest BCUT2D eigenvalue weighted by Gasteiger charge is -1.96. The molecule has 1 rings (SSSR count). The molecule has 0 radical (unpaired) electrons. The van der Waals surface area contributed by atoms with Gasteiger partial charge in [0.25, 0.3) is 0 Å². The minimum atomic E-state index is 0.688. The minimum absolute atomic E-state index is 0.688. The van der Waals surface area contributed by atoms with Gasteiger partial charge in [-0.05, 0) is 30.7 Å². The fourth-order valence-corrected chi connectivity index (χ4v) is 1.36. The van der Waals surface area contributed by atoms with Gasteiger partial charge in [0.1, 0.15) is 6.29 Å². The molecule has 0 aliphatic rings. The Morgan fingerprint density at radius 2 is 2.21 bits per heavy atom. The lowest BCUT2D eigenvalue weighted by atomic mass is 10.1. The Morgan fingerprint density at radius 1 is 1.43 bits per heavy atom. The number of aryl methyl sites for hydroxylation is 1. The van der Waals surface area contributed by atoms with Gasteiger partial charge in [0, 0.05) is 22.9 Å². The average Bonchev–Trinajstić information content (AvgIpc) is 2.17. The average molecular weight is 251 g/mol. The zero-order chi connectivity index (χ0) is 10.4. The van der Waals surface area contributed by atoms with Crippen molar-refractivity contribution < 1.29 is 4.79 Å². The van der Waals surface area contributed by atoms with Crippen LogP contribution >= 0.6 is 15.9 Å². The zero-order valence-electron chi connectivity index (χ0n) is 8.01. The van der Waals surface area contributed by atoms with Crippen molar-refractivity contribution in [3.8, 4) is 11.8 Å². The van der Waals surface area contributed by atoms with E-state index in [-0.39, 0.29) is 0 Å². The van der Waals surface area contributed by atoms with Gasteiger partial charge >= 0.3 is 0 Å². The maximum Gasteiger partial charge on any atom is 0.150 e. The van der Waals surface area contributed by atoms with Gasteiger partial charge in [0.05, 0.1) is 0 Å². The fourth-order valence-electron chi connectivity index (χ4n) is 1.16. The van der Waals surface area contributed by atoms with E-state index in [4.69, 9.17) is 0 Å². The summed E-state index contributed by atoms with van der Waals surface area (Å²) in [5, 5.41) is 0.881. The van der Waals surface area contributed by atoms with Crippen LogP contribution in [0.2, 0.25) is 0 Å². The molecule has 0 saturated carbocycles. The van der Waals surface area contributed by atoms with E-state index in [0.717, 1.165) is 29.2 Å². The van der Waals surface area contributed by atoms with Crippen molar-refractivity contribution >= 4 is 22.2 Å². The van der Waals surface area contributed by atoms with Crippen LogP contribution in [0.25, 0.3) is 0 Å². The van der Waals surface area contributed by atoms with E-state index in [0.29, 0.717) is 5.56 Å². The summed E-state index contributed by atoms with van der Waals surface area (Å²) >= 11 is 3.31. The van der Waals surface area contributed by atoms with Gasteiger partial charge in [-0.2, -0.15) is 0 Å². The SMILES string of the molecule is Cc1cc(C#CCCBr)cc(C=O)c1. The van der Waals surface area contributed by atoms with Gasteiger partial charge in [-0.1, -0.05) is 27.8 Å². The Labute approximate surface area is 92.6 Å². The fraction of sp³-hybridized carbons (Fsp3) is 0.250. The molecule has 0 aliphatic heterocycles. The number of hydrogen-bond acceptors (Lipinski definition) is 1. The minimum Gasteiger partial charge on any atom is -0.298 e. The van der Waals surface area contributed by atoms with Crippen LogP contribution in [-0.4, -0.2) is 11.6 Å². The molecule has 2 heteroatoms. The third-order valence-corrected chi connectivity index (χ3v) is 2.08. The van der Waals surface area contributed by atoms with Crippen molar-refractivity contribution in [2.75, 3.05) is 5.33 Å². The van der Waals surface area contributed by atoms with Crippen molar-refractivity contribution in [2.24, 2.45) is 0 Å². The van der Waals surface area contributed by atoms with Crippen LogP contribution in [0.15, 0.2) is 18.2 Å². The molecule has 0 fully saturated rings. The molecule has 0 spiro atoms. The molecule has 1 aromatic carbocycles. The van der Waals surface area contributed by atoms with Crippen LogP contribution in [0.3, 0.4) is 0 Å². The van der Waals surface area contributed by atoms with E-state index in [9.17, 15) is 4.79 Å². The van der Waals surface area contributed by atoms with Gasteiger partial charge in [-0.25, -0.2) is 0 Å². The second-order valence-corrected chi connectivity index (χ2v) is 3.78. The second-order valence-electron chi connectivity index (χ2n) is 2.99. The molecule has 0 bridgehead atoms. The van der Waals surface area contributed by atoms with Gasteiger partial charge in [-0.15, -0.1) is 0 Å². The number of carbonyl (C=O) groups excluding carboxylic acids is 1. The van der Waals surface area contributed by atoms with E-state index in [1.165, 1.54) is 0 Å². The highest BCUT2D eigenvalue weighted by Gasteiger charge is 1.94. The standard InChI is InChI=1S/C12H11BrO/c1-10-6-11(4-2-3-5-13)8-12(7-10)9-14/h6-9H,3,5H2,1H3. The molecule has 0 unspecified atom stereocenters. The van der Waals surface area contributed by atoms with E-state index < -0.39 is 0 Å². The lowest BCUT2D eigenvalue weighted by molar-refractivity contribution is 0.112. The highest BCUT2D eigenvalue weighted by molar-refractivity contribution is 9.09. The van der Waals surface area contributed by atoms with E-state index in [1.807, 2.05) is 19.1 Å². The predicted octanol–water partition coefficient (Wildman–Crippen LogP) is 2.94. The maximum absolute atomic E-state index is 10.6.